The number of nitrogens with zero attached hydrogens (tertiary/aromatic N) is 1. The van der Waals surface area contributed by atoms with Crippen molar-refractivity contribution in [3.05, 3.63) is 23.5 Å². The standard InChI is InChI=1S/C13H15FN2O3S/c1-8-4-12-11(5-10(8)14)15-13(17)6-16(12)9-2-3-20(18,19)7-9/h4-5,9H,2-3,6-7H2,1H3,(H,15,17). The molecular formula is C13H15FN2O3S. The molecule has 0 saturated carbocycles. The molecule has 1 fully saturated rings. The van der Waals surface area contributed by atoms with Crippen molar-refractivity contribution < 1.29 is 17.6 Å². The maximum Gasteiger partial charge on any atom is 0.243 e. The van der Waals surface area contributed by atoms with E-state index in [9.17, 15) is 17.6 Å². The smallest absolute Gasteiger partial charge is 0.243 e. The summed E-state index contributed by atoms with van der Waals surface area (Å²) in [6, 6.07) is 2.74. The van der Waals surface area contributed by atoms with Crippen LogP contribution >= 0.6 is 0 Å². The molecule has 20 heavy (non-hydrogen) atoms. The minimum absolute atomic E-state index is 0.0517. The largest absolute Gasteiger partial charge is 0.356 e. The monoisotopic (exact) mass is 298 g/mol. The number of rotatable bonds is 1. The topological polar surface area (TPSA) is 66.5 Å². The number of hydrogen-bond acceptors (Lipinski definition) is 4. The Kier molecular flexibility index (Phi) is 2.97. The van der Waals surface area contributed by atoms with Crippen LogP contribution in [0.3, 0.4) is 0 Å². The number of amides is 1. The second-order valence-electron chi connectivity index (χ2n) is 5.35. The highest BCUT2D eigenvalue weighted by Gasteiger charge is 2.36. The Balaban J connectivity index is 2.02. The Morgan fingerprint density at radius 2 is 2.15 bits per heavy atom. The van der Waals surface area contributed by atoms with Crippen LogP contribution in [-0.2, 0) is 14.6 Å². The number of carbonyl (C=O) groups is 1. The minimum atomic E-state index is -3.03. The summed E-state index contributed by atoms with van der Waals surface area (Å²) in [7, 11) is -3.03. The Morgan fingerprint density at radius 1 is 1.40 bits per heavy atom. The fourth-order valence-electron chi connectivity index (χ4n) is 2.78. The lowest BCUT2D eigenvalue weighted by atomic mass is 10.1. The van der Waals surface area contributed by atoms with E-state index >= 15 is 0 Å². The number of carbonyl (C=O) groups excluding carboxylic acids is 1. The highest BCUT2D eigenvalue weighted by molar-refractivity contribution is 7.91. The van der Waals surface area contributed by atoms with Gasteiger partial charge in [-0.3, -0.25) is 4.79 Å². The first-order valence-electron chi connectivity index (χ1n) is 6.43. The van der Waals surface area contributed by atoms with Gasteiger partial charge >= 0.3 is 0 Å². The summed E-state index contributed by atoms with van der Waals surface area (Å²) in [4.78, 5) is 13.5. The Labute approximate surface area is 116 Å². The third kappa shape index (κ3) is 2.26. The first-order valence-corrected chi connectivity index (χ1v) is 8.25. The molecule has 1 N–H and O–H groups in total. The van der Waals surface area contributed by atoms with Crippen LogP contribution in [0.15, 0.2) is 12.1 Å². The summed E-state index contributed by atoms with van der Waals surface area (Å²) >= 11 is 0. The van der Waals surface area contributed by atoms with Crippen LogP contribution in [0, 0.1) is 12.7 Å². The predicted molar refractivity (Wildman–Crippen MR) is 74.2 cm³/mol. The molecular weight excluding hydrogens is 283 g/mol. The molecule has 2 aliphatic heterocycles. The van der Waals surface area contributed by atoms with E-state index in [2.05, 4.69) is 5.32 Å². The molecule has 0 spiro atoms. The molecule has 0 aromatic heterocycles. The van der Waals surface area contributed by atoms with E-state index in [4.69, 9.17) is 0 Å². The Hall–Kier alpha value is -1.63. The SMILES string of the molecule is Cc1cc2c(cc1F)NC(=O)CN2C1CCS(=O)(=O)C1. The Bertz CT molecular complexity index is 687. The van der Waals surface area contributed by atoms with Gasteiger partial charge in [-0.25, -0.2) is 12.8 Å². The molecule has 0 radical (unpaired) electrons. The predicted octanol–water partition coefficient (Wildman–Crippen LogP) is 1.08. The molecule has 108 valence electrons. The number of fused-ring (bicyclic) bond motifs is 1. The molecule has 2 heterocycles. The number of anilines is 2. The normalized spacial score (nSPS) is 24.4. The molecule has 5 nitrogen and oxygen atoms in total. The molecule has 3 rings (SSSR count). The van der Waals surface area contributed by atoms with Gasteiger partial charge in [0.15, 0.2) is 9.84 Å². The molecule has 2 aliphatic rings. The molecule has 1 saturated heterocycles. The van der Waals surface area contributed by atoms with Crippen molar-refractivity contribution in [3.8, 4) is 0 Å². The fraction of sp³-hybridized carbons (Fsp3) is 0.462. The van der Waals surface area contributed by atoms with Crippen molar-refractivity contribution in [2.45, 2.75) is 19.4 Å². The zero-order chi connectivity index (χ0) is 14.5. The average Bonchev–Trinajstić information content (AvgIpc) is 2.71. The van der Waals surface area contributed by atoms with Gasteiger partial charge < -0.3 is 10.2 Å². The van der Waals surface area contributed by atoms with Crippen LogP contribution < -0.4 is 10.2 Å². The van der Waals surface area contributed by atoms with E-state index in [0.29, 0.717) is 23.4 Å². The molecule has 1 unspecified atom stereocenters. The summed E-state index contributed by atoms with van der Waals surface area (Å²) in [5.41, 5.74) is 1.59. The van der Waals surface area contributed by atoms with Crippen LogP contribution in [0.2, 0.25) is 0 Å². The molecule has 0 aliphatic carbocycles. The van der Waals surface area contributed by atoms with Crippen molar-refractivity contribution in [1.82, 2.24) is 0 Å². The van der Waals surface area contributed by atoms with Crippen molar-refractivity contribution in [1.29, 1.82) is 0 Å². The lowest BCUT2D eigenvalue weighted by Crippen LogP contribution is -2.45. The third-order valence-corrected chi connectivity index (χ3v) is 5.57. The lowest BCUT2D eigenvalue weighted by Gasteiger charge is -2.35. The van der Waals surface area contributed by atoms with Crippen molar-refractivity contribution in [2.75, 3.05) is 28.3 Å². The van der Waals surface area contributed by atoms with Crippen LogP contribution in [-0.4, -0.2) is 38.4 Å². The number of sulfone groups is 1. The van der Waals surface area contributed by atoms with Gasteiger partial charge in [-0.15, -0.1) is 0 Å². The first-order chi connectivity index (χ1) is 9.35. The first kappa shape index (κ1) is 13.4. The number of nitrogens with one attached hydrogen (secondary N) is 1. The van der Waals surface area contributed by atoms with Crippen molar-refractivity contribution in [2.24, 2.45) is 0 Å². The van der Waals surface area contributed by atoms with Gasteiger partial charge in [-0.05, 0) is 31.0 Å². The fourth-order valence-corrected chi connectivity index (χ4v) is 4.51. The van der Waals surface area contributed by atoms with Gasteiger partial charge in [0.25, 0.3) is 0 Å². The maximum absolute atomic E-state index is 13.6. The molecule has 1 aromatic rings. The summed E-state index contributed by atoms with van der Waals surface area (Å²) < 4.78 is 36.8. The molecule has 1 amide bonds. The summed E-state index contributed by atoms with van der Waals surface area (Å²) in [6.07, 6.45) is 0.505. The number of hydrogen-bond donors (Lipinski definition) is 1. The quantitative estimate of drug-likeness (QED) is 0.842. The van der Waals surface area contributed by atoms with Crippen LogP contribution in [0.1, 0.15) is 12.0 Å². The van der Waals surface area contributed by atoms with Gasteiger partial charge in [0.05, 0.1) is 29.4 Å². The van der Waals surface area contributed by atoms with Gasteiger partial charge in [-0.1, -0.05) is 0 Å². The molecule has 1 atom stereocenters. The zero-order valence-corrected chi connectivity index (χ0v) is 11.8. The lowest BCUT2D eigenvalue weighted by molar-refractivity contribution is -0.115. The third-order valence-electron chi connectivity index (χ3n) is 3.82. The van der Waals surface area contributed by atoms with E-state index in [-0.39, 0.29) is 35.8 Å². The summed E-state index contributed by atoms with van der Waals surface area (Å²) in [6.45, 7) is 1.76. The molecule has 0 bridgehead atoms. The number of halogens is 1. The highest BCUT2D eigenvalue weighted by atomic mass is 32.2. The van der Waals surface area contributed by atoms with E-state index in [1.54, 1.807) is 17.9 Å². The van der Waals surface area contributed by atoms with Gasteiger partial charge in [0.2, 0.25) is 5.91 Å². The van der Waals surface area contributed by atoms with E-state index in [0.717, 1.165) is 0 Å². The minimum Gasteiger partial charge on any atom is -0.356 e. The Morgan fingerprint density at radius 3 is 2.80 bits per heavy atom. The van der Waals surface area contributed by atoms with Gasteiger partial charge in [0.1, 0.15) is 5.82 Å². The van der Waals surface area contributed by atoms with Crippen LogP contribution in [0.5, 0.6) is 0 Å². The van der Waals surface area contributed by atoms with E-state index in [1.807, 2.05) is 0 Å². The summed E-state index contributed by atoms with van der Waals surface area (Å²) in [5.74, 6) is -0.434. The van der Waals surface area contributed by atoms with E-state index in [1.165, 1.54) is 6.07 Å². The number of aryl methyl sites for hydroxylation is 1. The second kappa shape index (κ2) is 4.44. The van der Waals surface area contributed by atoms with Gasteiger partial charge in [0, 0.05) is 6.04 Å². The van der Waals surface area contributed by atoms with Crippen molar-refractivity contribution >= 4 is 27.1 Å². The average molecular weight is 298 g/mol. The summed E-state index contributed by atoms with van der Waals surface area (Å²) in [5, 5.41) is 2.63. The van der Waals surface area contributed by atoms with Crippen LogP contribution in [0.4, 0.5) is 15.8 Å². The maximum atomic E-state index is 13.6. The second-order valence-corrected chi connectivity index (χ2v) is 7.58. The zero-order valence-electron chi connectivity index (χ0n) is 11.0. The number of benzene rings is 1. The van der Waals surface area contributed by atoms with Crippen LogP contribution in [0.25, 0.3) is 0 Å². The molecule has 7 heteroatoms. The molecule has 1 aromatic carbocycles. The van der Waals surface area contributed by atoms with Crippen molar-refractivity contribution in [3.63, 3.8) is 0 Å². The van der Waals surface area contributed by atoms with E-state index < -0.39 is 9.84 Å². The van der Waals surface area contributed by atoms with Gasteiger partial charge in [-0.2, -0.15) is 0 Å². The highest BCUT2D eigenvalue weighted by Crippen LogP contribution is 2.35.